The van der Waals surface area contributed by atoms with Crippen LogP contribution < -0.4 is 5.32 Å². The average molecular weight is 266 g/mol. The Labute approximate surface area is 111 Å². The summed E-state index contributed by atoms with van der Waals surface area (Å²) in [6.45, 7) is 2.99. The van der Waals surface area contributed by atoms with Gasteiger partial charge in [0.05, 0.1) is 18.7 Å². The summed E-state index contributed by atoms with van der Waals surface area (Å²) in [5.74, 6) is 0. The SMILES string of the molecule is COCCOCCCNc1snc2ccccc12. The van der Waals surface area contributed by atoms with Gasteiger partial charge in [0.15, 0.2) is 0 Å². The molecular weight excluding hydrogens is 248 g/mol. The van der Waals surface area contributed by atoms with E-state index in [0.29, 0.717) is 13.2 Å². The topological polar surface area (TPSA) is 43.4 Å². The summed E-state index contributed by atoms with van der Waals surface area (Å²) < 4.78 is 14.7. The van der Waals surface area contributed by atoms with Crippen molar-refractivity contribution in [1.29, 1.82) is 0 Å². The zero-order valence-electron chi connectivity index (χ0n) is 10.5. The number of methoxy groups -OCH3 is 1. The van der Waals surface area contributed by atoms with E-state index in [1.165, 1.54) is 16.9 Å². The van der Waals surface area contributed by atoms with E-state index in [1.807, 2.05) is 18.2 Å². The van der Waals surface area contributed by atoms with Crippen molar-refractivity contribution in [3.8, 4) is 0 Å². The van der Waals surface area contributed by atoms with Crippen molar-refractivity contribution in [2.75, 3.05) is 38.8 Å². The second kappa shape index (κ2) is 7.31. The molecule has 5 heteroatoms. The summed E-state index contributed by atoms with van der Waals surface area (Å²) in [5.41, 5.74) is 1.06. The third kappa shape index (κ3) is 3.66. The largest absolute Gasteiger partial charge is 0.382 e. The fraction of sp³-hybridized carbons (Fsp3) is 0.462. The summed E-state index contributed by atoms with van der Waals surface area (Å²) in [6.07, 6.45) is 0.982. The molecule has 98 valence electrons. The van der Waals surface area contributed by atoms with Crippen LogP contribution in [0.3, 0.4) is 0 Å². The number of nitrogens with one attached hydrogen (secondary N) is 1. The van der Waals surface area contributed by atoms with E-state index in [9.17, 15) is 0 Å². The van der Waals surface area contributed by atoms with Crippen LogP contribution in [-0.2, 0) is 9.47 Å². The third-order valence-corrected chi connectivity index (χ3v) is 3.40. The number of ether oxygens (including phenoxy) is 2. The second-order valence-corrected chi connectivity index (χ2v) is 4.69. The zero-order valence-corrected chi connectivity index (χ0v) is 11.3. The average Bonchev–Trinajstić information content (AvgIpc) is 2.81. The van der Waals surface area contributed by atoms with E-state index in [1.54, 1.807) is 7.11 Å². The number of hydrogen-bond donors (Lipinski definition) is 1. The summed E-state index contributed by atoms with van der Waals surface area (Å²) in [4.78, 5) is 0. The molecule has 0 bridgehead atoms. The van der Waals surface area contributed by atoms with Crippen molar-refractivity contribution in [3.63, 3.8) is 0 Å². The molecule has 0 saturated carbocycles. The van der Waals surface area contributed by atoms with Crippen LogP contribution in [0.2, 0.25) is 0 Å². The van der Waals surface area contributed by atoms with Gasteiger partial charge in [-0.05, 0) is 30.1 Å². The molecule has 1 heterocycles. The fourth-order valence-corrected chi connectivity index (χ4v) is 2.42. The van der Waals surface area contributed by atoms with Gasteiger partial charge in [0, 0.05) is 25.6 Å². The van der Waals surface area contributed by atoms with Crippen LogP contribution in [0.1, 0.15) is 6.42 Å². The minimum absolute atomic E-state index is 0.660. The molecule has 0 saturated heterocycles. The number of nitrogens with zero attached hydrogens (tertiary/aromatic N) is 1. The lowest BCUT2D eigenvalue weighted by molar-refractivity contribution is 0.0705. The quantitative estimate of drug-likeness (QED) is 0.746. The lowest BCUT2D eigenvalue weighted by atomic mass is 10.2. The molecule has 1 N–H and O–H groups in total. The van der Waals surface area contributed by atoms with Crippen molar-refractivity contribution < 1.29 is 9.47 Å². The Balaban J connectivity index is 1.70. The van der Waals surface area contributed by atoms with E-state index in [0.717, 1.165) is 30.1 Å². The summed E-state index contributed by atoms with van der Waals surface area (Å²) >= 11 is 1.51. The normalized spacial score (nSPS) is 10.9. The number of rotatable bonds is 8. The van der Waals surface area contributed by atoms with E-state index >= 15 is 0 Å². The monoisotopic (exact) mass is 266 g/mol. The van der Waals surface area contributed by atoms with Crippen LogP contribution in [0.25, 0.3) is 10.9 Å². The summed E-state index contributed by atoms with van der Waals surface area (Å²) in [5, 5.41) is 5.74. The minimum Gasteiger partial charge on any atom is -0.382 e. The van der Waals surface area contributed by atoms with Crippen LogP contribution in [0.5, 0.6) is 0 Å². The van der Waals surface area contributed by atoms with Gasteiger partial charge in [0.1, 0.15) is 5.00 Å². The lowest BCUT2D eigenvalue weighted by Crippen LogP contribution is -2.07. The maximum Gasteiger partial charge on any atom is 0.117 e. The number of benzene rings is 1. The Morgan fingerprint density at radius 2 is 2.11 bits per heavy atom. The van der Waals surface area contributed by atoms with Crippen molar-refractivity contribution in [2.24, 2.45) is 0 Å². The first-order valence-corrected chi connectivity index (χ1v) is 6.84. The van der Waals surface area contributed by atoms with E-state index in [2.05, 4.69) is 15.8 Å². The van der Waals surface area contributed by atoms with Crippen molar-refractivity contribution in [2.45, 2.75) is 6.42 Å². The van der Waals surface area contributed by atoms with Crippen LogP contribution in [0.4, 0.5) is 5.00 Å². The minimum atomic E-state index is 0.660. The van der Waals surface area contributed by atoms with E-state index in [4.69, 9.17) is 9.47 Å². The standard InChI is InChI=1S/C13H18N2O2S/c1-16-9-10-17-8-4-7-14-13-11-5-2-3-6-12(11)15-18-13/h2-3,5-6,14H,4,7-10H2,1H3. The first-order chi connectivity index (χ1) is 8.92. The van der Waals surface area contributed by atoms with Crippen molar-refractivity contribution >= 4 is 27.4 Å². The molecule has 0 spiro atoms. The molecule has 0 aliphatic rings. The van der Waals surface area contributed by atoms with E-state index in [-0.39, 0.29) is 0 Å². The Morgan fingerprint density at radius 1 is 1.22 bits per heavy atom. The van der Waals surface area contributed by atoms with Gasteiger partial charge in [-0.3, -0.25) is 0 Å². The van der Waals surface area contributed by atoms with Crippen LogP contribution in [0.15, 0.2) is 24.3 Å². The van der Waals surface area contributed by atoms with Gasteiger partial charge in [-0.2, -0.15) is 4.37 Å². The first-order valence-electron chi connectivity index (χ1n) is 6.07. The van der Waals surface area contributed by atoms with Gasteiger partial charge in [0.2, 0.25) is 0 Å². The van der Waals surface area contributed by atoms with Crippen molar-refractivity contribution in [1.82, 2.24) is 4.37 Å². The van der Waals surface area contributed by atoms with Crippen LogP contribution >= 0.6 is 11.5 Å². The molecule has 0 unspecified atom stereocenters. The van der Waals surface area contributed by atoms with E-state index < -0.39 is 0 Å². The van der Waals surface area contributed by atoms with Gasteiger partial charge >= 0.3 is 0 Å². The van der Waals surface area contributed by atoms with Gasteiger partial charge in [0.25, 0.3) is 0 Å². The second-order valence-electron chi connectivity index (χ2n) is 3.91. The Morgan fingerprint density at radius 3 is 3.00 bits per heavy atom. The molecule has 0 atom stereocenters. The molecule has 0 radical (unpaired) electrons. The van der Waals surface area contributed by atoms with Gasteiger partial charge in [-0.1, -0.05) is 12.1 Å². The molecule has 1 aromatic heterocycles. The Hall–Kier alpha value is -1.17. The number of fused-ring (bicyclic) bond motifs is 1. The molecule has 0 fully saturated rings. The molecule has 4 nitrogen and oxygen atoms in total. The van der Waals surface area contributed by atoms with Gasteiger partial charge in [-0.15, -0.1) is 0 Å². The highest BCUT2D eigenvalue weighted by molar-refractivity contribution is 7.11. The Kier molecular flexibility index (Phi) is 5.38. The lowest BCUT2D eigenvalue weighted by Gasteiger charge is -2.05. The highest BCUT2D eigenvalue weighted by Crippen LogP contribution is 2.26. The summed E-state index contributed by atoms with van der Waals surface area (Å²) in [7, 11) is 1.68. The van der Waals surface area contributed by atoms with Gasteiger partial charge in [-0.25, -0.2) is 0 Å². The molecule has 2 aromatic rings. The Bertz CT molecular complexity index is 473. The number of aromatic nitrogens is 1. The maximum absolute atomic E-state index is 5.40. The van der Waals surface area contributed by atoms with Crippen molar-refractivity contribution in [3.05, 3.63) is 24.3 Å². The zero-order chi connectivity index (χ0) is 12.6. The molecule has 2 rings (SSSR count). The molecule has 0 amide bonds. The number of hydrogen-bond acceptors (Lipinski definition) is 5. The molecule has 18 heavy (non-hydrogen) atoms. The first kappa shape index (κ1) is 13.3. The molecule has 1 aromatic carbocycles. The third-order valence-electron chi connectivity index (χ3n) is 2.57. The van der Waals surface area contributed by atoms with Crippen LogP contribution in [0, 0.1) is 0 Å². The van der Waals surface area contributed by atoms with Crippen LogP contribution in [-0.4, -0.2) is 37.8 Å². The molecular formula is C13H18N2O2S. The molecule has 0 aliphatic heterocycles. The maximum atomic E-state index is 5.40. The number of anilines is 1. The predicted octanol–water partition coefficient (Wildman–Crippen LogP) is 2.76. The predicted molar refractivity (Wildman–Crippen MR) is 75.4 cm³/mol. The fourth-order valence-electron chi connectivity index (χ4n) is 1.64. The highest BCUT2D eigenvalue weighted by Gasteiger charge is 2.03. The highest BCUT2D eigenvalue weighted by atomic mass is 32.1. The summed E-state index contributed by atoms with van der Waals surface area (Å²) in [6, 6.07) is 8.17. The van der Waals surface area contributed by atoms with Gasteiger partial charge < -0.3 is 14.8 Å². The molecule has 0 aliphatic carbocycles. The smallest absolute Gasteiger partial charge is 0.117 e.